The van der Waals surface area contributed by atoms with Crippen LogP contribution < -0.4 is 5.32 Å². The van der Waals surface area contributed by atoms with Crippen molar-refractivity contribution in [2.24, 2.45) is 0 Å². The lowest BCUT2D eigenvalue weighted by Crippen LogP contribution is -2.14. The first-order valence-corrected chi connectivity index (χ1v) is 10.7. The van der Waals surface area contributed by atoms with E-state index in [0.717, 1.165) is 29.1 Å². The van der Waals surface area contributed by atoms with Crippen molar-refractivity contribution in [3.05, 3.63) is 58.4 Å². The van der Waals surface area contributed by atoms with Crippen LogP contribution in [0.5, 0.6) is 0 Å². The molecule has 7 nitrogen and oxygen atoms in total. The number of amides is 1. The number of carbonyl (C=O) groups excluding carboxylic acids is 1. The molecule has 0 saturated carbocycles. The Morgan fingerprint density at radius 1 is 1.24 bits per heavy atom. The molecule has 0 aliphatic carbocycles. The fourth-order valence-electron chi connectivity index (χ4n) is 2.65. The molecule has 1 amide bonds. The molecule has 148 valence electrons. The van der Waals surface area contributed by atoms with E-state index in [4.69, 9.17) is 0 Å². The van der Waals surface area contributed by atoms with E-state index >= 15 is 0 Å². The van der Waals surface area contributed by atoms with Crippen molar-refractivity contribution in [1.82, 2.24) is 25.0 Å². The van der Waals surface area contributed by atoms with Crippen LogP contribution in [-0.4, -0.2) is 30.9 Å². The average Bonchev–Trinajstić information content (AvgIpc) is 3.46. The second-order valence-corrected chi connectivity index (χ2v) is 8.20. The maximum absolute atomic E-state index is 13.7. The minimum absolute atomic E-state index is 0.0250. The van der Waals surface area contributed by atoms with Crippen molar-refractivity contribution in [1.29, 1.82) is 0 Å². The van der Waals surface area contributed by atoms with E-state index < -0.39 is 11.7 Å². The first-order chi connectivity index (χ1) is 14.1. The zero-order valence-corrected chi connectivity index (χ0v) is 17.1. The summed E-state index contributed by atoms with van der Waals surface area (Å²) < 4.78 is 15.2. The predicted octanol–water partition coefficient (Wildman–Crippen LogP) is 4.58. The van der Waals surface area contributed by atoms with Crippen molar-refractivity contribution < 1.29 is 9.18 Å². The zero-order valence-electron chi connectivity index (χ0n) is 15.5. The van der Waals surface area contributed by atoms with Crippen LogP contribution in [0.4, 0.5) is 9.52 Å². The van der Waals surface area contributed by atoms with Gasteiger partial charge in [-0.25, -0.2) is 14.1 Å². The molecule has 1 N–H and O–H groups in total. The Kier molecular flexibility index (Phi) is 5.72. The third kappa shape index (κ3) is 4.38. The number of rotatable bonds is 7. The lowest BCUT2D eigenvalue weighted by atomic mass is 10.3. The van der Waals surface area contributed by atoms with Crippen LogP contribution in [0.25, 0.3) is 16.4 Å². The van der Waals surface area contributed by atoms with Gasteiger partial charge in [-0.3, -0.25) is 10.1 Å². The summed E-state index contributed by atoms with van der Waals surface area (Å²) in [6, 6.07) is 9.74. The molecule has 0 bridgehead atoms. The zero-order chi connectivity index (χ0) is 20.2. The second-order valence-electron chi connectivity index (χ2n) is 6.19. The fourth-order valence-corrected chi connectivity index (χ4v) is 4.12. The number of hydrogen-bond donors (Lipinski definition) is 1. The van der Waals surface area contributed by atoms with E-state index in [0.29, 0.717) is 16.6 Å². The van der Waals surface area contributed by atoms with Crippen LogP contribution >= 0.6 is 22.7 Å². The third-order valence-electron chi connectivity index (χ3n) is 4.04. The second kappa shape index (κ2) is 8.58. The summed E-state index contributed by atoms with van der Waals surface area (Å²) in [5, 5.41) is 18.3. The molecule has 0 spiro atoms. The normalized spacial score (nSPS) is 11.0. The Morgan fingerprint density at radius 3 is 2.90 bits per heavy atom. The molecule has 29 heavy (non-hydrogen) atoms. The molecule has 10 heteroatoms. The highest BCUT2D eigenvalue weighted by atomic mass is 32.1. The molecule has 3 aromatic heterocycles. The van der Waals surface area contributed by atoms with Gasteiger partial charge in [-0.15, -0.1) is 26.6 Å². The fraction of sp³-hybridized carbons (Fsp3) is 0.211. The third-order valence-corrected chi connectivity index (χ3v) is 5.80. The topological polar surface area (TPSA) is 85.6 Å². The maximum Gasteiger partial charge on any atom is 0.297 e. The summed E-state index contributed by atoms with van der Waals surface area (Å²) in [7, 11) is 0. The van der Waals surface area contributed by atoms with Crippen LogP contribution in [0, 0.1) is 5.82 Å². The quantitative estimate of drug-likeness (QED) is 0.466. The van der Waals surface area contributed by atoms with Gasteiger partial charge in [0.15, 0.2) is 5.82 Å². The number of aryl methyl sites for hydroxylation is 1. The van der Waals surface area contributed by atoms with Crippen LogP contribution in [0.3, 0.4) is 0 Å². The van der Waals surface area contributed by atoms with E-state index in [-0.39, 0.29) is 5.82 Å². The summed E-state index contributed by atoms with van der Waals surface area (Å²) in [4.78, 5) is 17.9. The van der Waals surface area contributed by atoms with Crippen LogP contribution in [0.15, 0.2) is 41.8 Å². The van der Waals surface area contributed by atoms with Crippen molar-refractivity contribution >= 4 is 33.7 Å². The van der Waals surface area contributed by atoms with Gasteiger partial charge < -0.3 is 0 Å². The Bertz CT molecular complexity index is 1120. The lowest BCUT2D eigenvalue weighted by Gasteiger charge is -2.04. The van der Waals surface area contributed by atoms with Gasteiger partial charge in [-0.1, -0.05) is 36.8 Å². The van der Waals surface area contributed by atoms with Gasteiger partial charge in [-0.2, -0.15) is 0 Å². The van der Waals surface area contributed by atoms with E-state index in [2.05, 4.69) is 32.5 Å². The largest absolute Gasteiger partial charge is 0.297 e. The SMILES string of the molecule is CCCCc1nnc(NC(=O)c2nc(-c3cccs3)n(-c3cccc(F)c3)n2)s1. The number of nitrogens with one attached hydrogen (secondary N) is 1. The van der Waals surface area contributed by atoms with Crippen molar-refractivity contribution in [3.8, 4) is 16.4 Å². The number of benzene rings is 1. The van der Waals surface area contributed by atoms with Crippen LogP contribution in [0.1, 0.15) is 35.4 Å². The molecule has 0 saturated heterocycles. The molecule has 4 rings (SSSR count). The number of thiophene rings is 1. The van der Waals surface area contributed by atoms with Gasteiger partial charge in [0.25, 0.3) is 5.91 Å². The minimum Gasteiger partial charge on any atom is -0.294 e. The highest BCUT2D eigenvalue weighted by molar-refractivity contribution is 7.15. The number of aromatic nitrogens is 5. The molecule has 0 fully saturated rings. The number of halogens is 1. The van der Waals surface area contributed by atoms with E-state index in [1.165, 1.54) is 39.5 Å². The average molecular weight is 429 g/mol. The van der Waals surface area contributed by atoms with Crippen LogP contribution in [0.2, 0.25) is 0 Å². The summed E-state index contributed by atoms with van der Waals surface area (Å²) in [6.45, 7) is 2.11. The summed E-state index contributed by atoms with van der Waals surface area (Å²) in [6.07, 6.45) is 2.92. The summed E-state index contributed by atoms with van der Waals surface area (Å²) in [5.41, 5.74) is 0.484. The molecule has 0 radical (unpaired) electrons. The Labute approximate surface area is 174 Å². The predicted molar refractivity (Wildman–Crippen MR) is 111 cm³/mol. The van der Waals surface area contributed by atoms with Crippen molar-refractivity contribution in [2.75, 3.05) is 5.32 Å². The molecule has 3 heterocycles. The minimum atomic E-state index is -0.490. The van der Waals surface area contributed by atoms with E-state index in [1.807, 2.05) is 17.5 Å². The smallest absolute Gasteiger partial charge is 0.294 e. The van der Waals surface area contributed by atoms with Crippen molar-refractivity contribution in [3.63, 3.8) is 0 Å². The molecule has 0 aliphatic heterocycles. The Balaban J connectivity index is 1.63. The highest BCUT2D eigenvalue weighted by Crippen LogP contribution is 2.26. The van der Waals surface area contributed by atoms with Gasteiger partial charge >= 0.3 is 0 Å². The molecule has 4 aromatic rings. The maximum atomic E-state index is 13.7. The first-order valence-electron chi connectivity index (χ1n) is 9.04. The first kappa shape index (κ1) is 19.3. The highest BCUT2D eigenvalue weighted by Gasteiger charge is 2.20. The van der Waals surface area contributed by atoms with E-state index in [1.54, 1.807) is 12.1 Å². The molecule has 0 atom stereocenters. The Hall–Kier alpha value is -2.98. The van der Waals surface area contributed by atoms with Gasteiger partial charge in [0.2, 0.25) is 11.0 Å². The summed E-state index contributed by atoms with van der Waals surface area (Å²) >= 11 is 2.80. The molecule has 0 unspecified atom stereocenters. The van der Waals surface area contributed by atoms with Gasteiger partial charge in [0.05, 0.1) is 10.6 Å². The number of hydrogen-bond acceptors (Lipinski definition) is 7. The van der Waals surface area contributed by atoms with Crippen molar-refractivity contribution in [2.45, 2.75) is 26.2 Å². The van der Waals surface area contributed by atoms with Gasteiger partial charge in [0.1, 0.15) is 10.8 Å². The van der Waals surface area contributed by atoms with Crippen LogP contribution in [-0.2, 0) is 6.42 Å². The monoisotopic (exact) mass is 428 g/mol. The standard InChI is InChI=1S/C19H17FN6OS2/c1-2-3-9-15-23-24-19(29-15)22-18(27)16-21-17(14-8-5-10-28-14)26(25-16)13-7-4-6-12(20)11-13/h4-8,10-11H,2-3,9H2,1H3,(H,22,24,27). The molecular weight excluding hydrogens is 411 g/mol. The number of anilines is 1. The molecule has 0 aliphatic rings. The number of nitrogens with zero attached hydrogens (tertiary/aromatic N) is 5. The lowest BCUT2D eigenvalue weighted by molar-refractivity contribution is 0.101. The van der Waals surface area contributed by atoms with Gasteiger partial charge in [-0.05, 0) is 36.1 Å². The summed E-state index contributed by atoms with van der Waals surface area (Å²) in [5.74, 6) is -0.439. The molecular formula is C19H17FN6OS2. The molecule has 1 aromatic carbocycles. The number of carbonyl (C=O) groups is 1. The van der Waals surface area contributed by atoms with E-state index in [9.17, 15) is 9.18 Å². The Morgan fingerprint density at radius 2 is 2.14 bits per heavy atom. The van der Waals surface area contributed by atoms with Gasteiger partial charge in [0, 0.05) is 6.42 Å². The number of unbranched alkanes of at least 4 members (excludes halogenated alkanes) is 1.